The number of carbonyl (C=O) groups is 1. The van der Waals surface area contributed by atoms with Crippen molar-refractivity contribution in [2.45, 2.75) is 0 Å². The number of rotatable bonds is 2. The van der Waals surface area contributed by atoms with Gasteiger partial charge in [0.25, 0.3) is 5.91 Å². The number of halogens is 3. The molecule has 2 aromatic carbocycles. The van der Waals surface area contributed by atoms with Crippen LogP contribution in [0.2, 0.25) is 5.02 Å². The molecule has 0 fully saturated rings. The number of amides is 1. The molecule has 0 spiro atoms. The number of aromatic hydroxyl groups is 1. The van der Waals surface area contributed by atoms with E-state index in [9.17, 15) is 18.7 Å². The van der Waals surface area contributed by atoms with Crippen molar-refractivity contribution >= 4 is 23.2 Å². The molecular weight excluding hydrogens is 276 g/mol. The Labute approximate surface area is 112 Å². The topological polar surface area (TPSA) is 49.3 Å². The van der Waals surface area contributed by atoms with Gasteiger partial charge >= 0.3 is 0 Å². The zero-order valence-electron chi connectivity index (χ0n) is 9.45. The van der Waals surface area contributed by atoms with Crippen LogP contribution in [0.4, 0.5) is 14.5 Å². The highest BCUT2D eigenvalue weighted by atomic mass is 35.5. The fourth-order valence-corrected chi connectivity index (χ4v) is 1.67. The molecule has 19 heavy (non-hydrogen) atoms. The van der Waals surface area contributed by atoms with Gasteiger partial charge in [0.15, 0.2) is 0 Å². The fraction of sp³-hybridized carbons (Fsp3) is 0. The predicted octanol–water partition coefficient (Wildman–Crippen LogP) is 3.58. The molecule has 0 aliphatic rings. The van der Waals surface area contributed by atoms with E-state index in [2.05, 4.69) is 5.32 Å². The summed E-state index contributed by atoms with van der Waals surface area (Å²) in [6, 6.07) is 7.07. The van der Waals surface area contributed by atoms with Crippen molar-refractivity contribution in [2.75, 3.05) is 5.32 Å². The van der Waals surface area contributed by atoms with Crippen LogP contribution in [0.15, 0.2) is 36.4 Å². The average molecular weight is 284 g/mol. The molecule has 3 nitrogen and oxygen atoms in total. The zero-order chi connectivity index (χ0) is 14.0. The maximum Gasteiger partial charge on any atom is 0.262 e. The third kappa shape index (κ3) is 2.82. The van der Waals surface area contributed by atoms with Gasteiger partial charge in [-0.3, -0.25) is 4.79 Å². The molecule has 0 unspecified atom stereocenters. The van der Waals surface area contributed by atoms with Crippen LogP contribution >= 0.6 is 11.6 Å². The highest BCUT2D eigenvalue weighted by molar-refractivity contribution is 6.30. The Kier molecular flexibility index (Phi) is 3.66. The summed E-state index contributed by atoms with van der Waals surface area (Å²) in [5.41, 5.74) is -0.700. The van der Waals surface area contributed by atoms with Crippen LogP contribution < -0.4 is 5.32 Å². The van der Waals surface area contributed by atoms with Crippen molar-refractivity contribution in [1.29, 1.82) is 0 Å². The minimum atomic E-state index is -0.947. The molecule has 0 radical (unpaired) electrons. The molecule has 0 saturated carbocycles. The van der Waals surface area contributed by atoms with Crippen molar-refractivity contribution in [3.05, 3.63) is 58.6 Å². The predicted molar refractivity (Wildman–Crippen MR) is 67.4 cm³/mol. The summed E-state index contributed by atoms with van der Waals surface area (Å²) in [7, 11) is 0. The summed E-state index contributed by atoms with van der Waals surface area (Å²) in [4.78, 5) is 11.8. The molecule has 0 atom stereocenters. The van der Waals surface area contributed by atoms with Crippen LogP contribution in [-0.4, -0.2) is 11.0 Å². The van der Waals surface area contributed by atoms with Crippen molar-refractivity contribution in [1.82, 2.24) is 0 Å². The SMILES string of the molecule is O=C(Nc1ccc(Cl)cc1F)c1c(O)cccc1F. The van der Waals surface area contributed by atoms with Gasteiger partial charge in [-0.1, -0.05) is 17.7 Å². The molecule has 0 saturated heterocycles. The Bertz CT molecular complexity index is 626. The van der Waals surface area contributed by atoms with Crippen molar-refractivity contribution in [3.63, 3.8) is 0 Å². The minimum absolute atomic E-state index is 0.156. The zero-order valence-corrected chi connectivity index (χ0v) is 10.2. The van der Waals surface area contributed by atoms with Crippen molar-refractivity contribution in [3.8, 4) is 5.75 Å². The number of phenols is 1. The summed E-state index contributed by atoms with van der Waals surface area (Å²) in [6.07, 6.45) is 0. The van der Waals surface area contributed by atoms with Gasteiger partial charge in [-0.05, 0) is 30.3 Å². The molecule has 0 aliphatic heterocycles. The van der Waals surface area contributed by atoms with Crippen LogP contribution in [-0.2, 0) is 0 Å². The number of nitrogens with one attached hydrogen (secondary N) is 1. The summed E-state index contributed by atoms with van der Waals surface area (Å²) < 4.78 is 26.9. The maximum atomic E-state index is 13.5. The van der Waals surface area contributed by atoms with Crippen molar-refractivity contribution < 1.29 is 18.7 Å². The Morgan fingerprint density at radius 3 is 2.53 bits per heavy atom. The smallest absolute Gasteiger partial charge is 0.262 e. The second kappa shape index (κ2) is 5.24. The van der Waals surface area contributed by atoms with Crippen molar-refractivity contribution in [2.24, 2.45) is 0 Å². The van der Waals surface area contributed by atoms with E-state index in [0.717, 1.165) is 18.2 Å². The Morgan fingerprint density at radius 1 is 1.16 bits per heavy atom. The van der Waals surface area contributed by atoms with Gasteiger partial charge in [-0.25, -0.2) is 8.78 Å². The van der Waals surface area contributed by atoms with Gasteiger partial charge in [0.05, 0.1) is 5.69 Å². The average Bonchev–Trinajstić information content (AvgIpc) is 2.32. The van der Waals surface area contributed by atoms with Gasteiger partial charge in [0.2, 0.25) is 0 Å². The first-order valence-corrected chi connectivity index (χ1v) is 5.60. The number of hydrogen-bond donors (Lipinski definition) is 2. The quantitative estimate of drug-likeness (QED) is 0.885. The molecule has 0 aliphatic carbocycles. The molecule has 2 N–H and O–H groups in total. The van der Waals surface area contributed by atoms with Crippen LogP contribution in [0.5, 0.6) is 5.75 Å². The lowest BCUT2D eigenvalue weighted by atomic mass is 10.1. The van der Waals surface area contributed by atoms with E-state index >= 15 is 0 Å². The number of hydrogen-bond acceptors (Lipinski definition) is 2. The third-order valence-corrected chi connectivity index (χ3v) is 2.63. The summed E-state index contributed by atoms with van der Waals surface area (Å²) >= 11 is 5.57. The van der Waals surface area contributed by atoms with Crippen LogP contribution in [0.3, 0.4) is 0 Å². The standard InChI is InChI=1S/C13H8ClF2NO2/c14-7-4-5-10(9(16)6-7)17-13(19)12-8(15)2-1-3-11(12)18/h1-6,18H,(H,17,19). The van der Waals surface area contributed by atoms with Gasteiger partial charge in [-0.2, -0.15) is 0 Å². The van der Waals surface area contributed by atoms with E-state index in [0.29, 0.717) is 0 Å². The van der Waals surface area contributed by atoms with Crippen LogP contribution in [0.25, 0.3) is 0 Å². The summed E-state index contributed by atoms with van der Waals surface area (Å²) in [6.45, 7) is 0. The van der Waals surface area contributed by atoms with E-state index in [1.165, 1.54) is 18.2 Å². The second-order valence-electron chi connectivity index (χ2n) is 3.71. The molecule has 6 heteroatoms. The third-order valence-electron chi connectivity index (χ3n) is 2.40. The van der Waals surface area contributed by atoms with Crippen LogP contribution in [0, 0.1) is 11.6 Å². The van der Waals surface area contributed by atoms with Gasteiger partial charge in [0.1, 0.15) is 22.9 Å². The number of carbonyl (C=O) groups excluding carboxylic acids is 1. The van der Waals surface area contributed by atoms with E-state index in [1.807, 2.05) is 0 Å². The lowest BCUT2D eigenvalue weighted by Gasteiger charge is -2.08. The minimum Gasteiger partial charge on any atom is -0.507 e. The van der Waals surface area contributed by atoms with E-state index in [4.69, 9.17) is 11.6 Å². The summed E-state index contributed by atoms with van der Waals surface area (Å²) in [5.74, 6) is -3.12. The lowest BCUT2D eigenvalue weighted by molar-refractivity contribution is 0.102. The molecule has 1 amide bonds. The highest BCUT2D eigenvalue weighted by Gasteiger charge is 2.17. The number of phenolic OH excluding ortho intramolecular Hbond substituents is 1. The van der Waals surface area contributed by atoms with Gasteiger partial charge in [0, 0.05) is 5.02 Å². The Morgan fingerprint density at radius 2 is 1.89 bits per heavy atom. The second-order valence-corrected chi connectivity index (χ2v) is 4.15. The van der Waals surface area contributed by atoms with Crippen LogP contribution in [0.1, 0.15) is 10.4 Å². The first-order chi connectivity index (χ1) is 8.99. The van der Waals surface area contributed by atoms with E-state index in [1.54, 1.807) is 0 Å². The number of anilines is 1. The van der Waals surface area contributed by atoms with Gasteiger partial charge in [-0.15, -0.1) is 0 Å². The van der Waals surface area contributed by atoms with E-state index in [-0.39, 0.29) is 10.7 Å². The molecule has 2 rings (SSSR count). The first kappa shape index (κ1) is 13.3. The molecule has 0 bridgehead atoms. The molecular formula is C13H8ClF2NO2. The molecule has 2 aromatic rings. The molecule has 0 heterocycles. The first-order valence-electron chi connectivity index (χ1n) is 5.23. The summed E-state index contributed by atoms with van der Waals surface area (Å²) in [5, 5.41) is 11.8. The molecule has 98 valence electrons. The monoisotopic (exact) mass is 283 g/mol. The Balaban J connectivity index is 2.31. The fourth-order valence-electron chi connectivity index (χ4n) is 1.51. The highest BCUT2D eigenvalue weighted by Crippen LogP contribution is 2.23. The maximum absolute atomic E-state index is 13.5. The largest absolute Gasteiger partial charge is 0.507 e. The number of benzene rings is 2. The Hall–Kier alpha value is -2.14. The molecule has 0 aromatic heterocycles. The van der Waals surface area contributed by atoms with E-state index < -0.39 is 28.9 Å². The normalized spacial score (nSPS) is 10.3. The lowest BCUT2D eigenvalue weighted by Crippen LogP contribution is -2.15. The van der Waals surface area contributed by atoms with Gasteiger partial charge < -0.3 is 10.4 Å².